The van der Waals surface area contributed by atoms with E-state index in [1.54, 1.807) is 0 Å². The maximum atomic E-state index is 14.7. The molecule has 0 saturated carbocycles. The van der Waals surface area contributed by atoms with Gasteiger partial charge in [0.25, 0.3) is 0 Å². The molecule has 0 aromatic heterocycles. The summed E-state index contributed by atoms with van der Waals surface area (Å²) in [5.41, 5.74) is 1.11. The summed E-state index contributed by atoms with van der Waals surface area (Å²) in [5, 5.41) is 1.14. The SMILES string of the molecule is CCCCC/C=C/C(C)=C/[C@@H]1C[C@H](C)C/C([Si](OCC)(OCC)OCC)=C\CC[C@H](O[Si](C)(C)C(C)(C)C)[C@@H](O[Si](C)(C)C(C)(C)C)CC[C@H](C)C[C@@H](O[Si](C)(C)C(C)(C)C)[C@@H](C)C(=O)O1. The number of rotatable bonds is 19. The molecule has 7 atom stereocenters. The highest BCUT2D eigenvalue weighted by atomic mass is 28.4. The van der Waals surface area contributed by atoms with Gasteiger partial charge in [-0.2, -0.15) is 0 Å². The van der Waals surface area contributed by atoms with E-state index in [4.69, 9.17) is 31.3 Å². The fourth-order valence-corrected chi connectivity index (χ4v) is 15.0. The van der Waals surface area contributed by atoms with Gasteiger partial charge in [-0.15, -0.1) is 0 Å². The lowest BCUT2D eigenvalue weighted by atomic mass is 9.90. The van der Waals surface area contributed by atoms with Crippen LogP contribution in [0.5, 0.6) is 0 Å². The van der Waals surface area contributed by atoms with Crippen molar-refractivity contribution in [2.45, 2.75) is 267 Å². The molecule has 0 unspecified atom stereocenters. The van der Waals surface area contributed by atoms with Crippen molar-refractivity contribution >= 4 is 39.7 Å². The van der Waals surface area contributed by atoms with Crippen LogP contribution in [0, 0.1) is 17.8 Å². The van der Waals surface area contributed by atoms with Crippen molar-refractivity contribution in [2.24, 2.45) is 17.8 Å². The van der Waals surface area contributed by atoms with Crippen LogP contribution < -0.4 is 0 Å². The molecule has 0 aliphatic carbocycles. The minimum Gasteiger partial charge on any atom is -0.458 e. The Balaban J connectivity index is 4.26. The summed E-state index contributed by atoms with van der Waals surface area (Å²) in [6, 6.07) is 0. The zero-order valence-electron chi connectivity index (χ0n) is 47.5. The zero-order chi connectivity index (χ0) is 51.0. The molecular weight excluding hydrogens is 889 g/mol. The molecule has 1 aliphatic rings. The summed E-state index contributed by atoms with van der Waals surface area (Å²) in [4.78, 5) is 14.7. The molecule has 66 heavy (non-hydrogen) atoms. The predicted octanol–water partition coefficient (Wildman–Crippen LogP) is 16.3. The van der Waals surface area contributed by atoms with Gasteiger partial charge in [0, 0.05) is 19.8 Å². The van der Waals surface area contributed by atoms with Crippen molar-refractivity contribution in [3.8, 4) is 0 Å². The van der Waals surface area contributed by atoms with Crippen LogP contribution in [0.25, 0.3) is 0 Å². The highest BCUT2D eigenvalue weighted by Gasteiger charge is 2.48. The first-order valence-corrected chi connectivity index (χ1v) is 36.9. The third-order valence-electron chi connectivity index (χ3n) is 15.2. The molecule has 0 N–H and O–H groups in total. The van der Waals surface area contributed by atoms with Crippen LogP contribution in [-0.2, 0) is 36.1 Å². The van der Waals surface area contributed by atoms with Crippen LogP contribution in [-0.4, -0.2) is 84.0 Å². The van der Waals surface area contributed by atoms with E-state index in [0.717, 1.165) is 49.3 Å². The van der Waals surface area contributed by atoms with Crippen molar-refractivity contribution in [1.82, 2.24) is 0 Å². The van der Waals surface area contributed by atoms with Crippen molar-refractivity contribution < 1.29 is 36.1 Å². The van der Waals surface area contributed by atoms with E-state index < -0.39 is 45.8 Å². The monoisotopic (exact) mass is 997 g/mol. The second kappa shape index (κ2) is 27.8. The summed E-state index contributed by atoms with van der Waals surface area (Å²) >= 11 is 0. The third kappa shape index (κ3) is 20.6. The van der Waals surface area contributed by atoms with Crippen LogP contribution in [0.2, 0.25) is 54.4 Å². The molecule has 0 aromatic rings. The normalized spacial score (nSPS) is 26.2. The molecule has 1 aliphatic heterocycles. The van der Waals surface area contributed by atoms with Crippen molar-refractivity contribution in [1.29, 1.82) is 0 Å². The Morgan fingerprint density at radius 3 is 1.59 bits per heavy atom. The quantitative estimate of drug-likeness (QED) is 0.0548. The number of hydrogen-bond acceptors (Lipinski definition) is 8. The van der Waals surface area contributed by atoms with E-state index in [1.807, 2.05) is 27.7 Å². The minimum absolute atomic E-state index is 0.0161. The molecule has 0 amide bonds. The van der Waals surface area contributed by atoms with Crippen LogP contribution in [0.15, 0.2) is 35.1 Å². The van der Waals surface area contributed by atoms with E-state index in [-0.39, 0.29) is 51.2 Å². The van der Waals surface area contributed by atoms with Gasteiger partial charge in [0.05, 0.1) is 24.2 Å². The Labute approximate surface area is 413 Å². The lowest BCUT2D eigenvalue weighted by Gasteiger charge is -2.45. The molecule has 1 rings (SSSR count). The van der Waals surface area contributed by atoms with Gasteiger partial charge in [-0.05, 0) is 170 Å². The molecule has 388 valence electrons. The Hall–Kier alpha value is -0.682. The Bertz CT molecular complexity index is 1480. The highest BCUT2D eigenvalue weighted by Crippen LogP contribution is 2.43. The predicted molar refractivity (Wildman–Crippen MR) is 292 cm³/mol. The number of allylic oxidation sites excluding steroid dienone is 5. The summed E-state index contributed by atoms with van der Waals surface area (Å²) in [5.74, 6) is -0.262. The lowest BCUT2D eigenvalue weighted by Crippen LogP contribution is -2.52. The first-order chi connectivity index (χ1) is 30.2. The fourth-order valence-electron chi connectivity index (χ4n) is 7.90. The van der Waals surface area contributed by atoms with Crippen molar-refractivity contribution in [3.05, 3.63) is 35.1 Å². The number of ether oxygens (including phenoxy) is 1. The summed E-state index contributed by atoms with van der Waals surface area (Å²) < 4.78 is 49.0. The van der Waals surface area contributed by atoms with Gasteiger partial charge >= 0.3 is 14.8 Å². The van der Waals surface area contributed by atoms with E-state index >= 15 is 0 Å². The number of carbonyl (C=O) groups is 1. The topological polar surface area (TPSA) is 81.7 Å². The molecule has 0 spiro atoms. The van der Waals surface area contributed by atoms with E-state index in [1.165, 1.54) is 19.3 Å². The third-order valence-corrected chi connectivity index (χ3v) is 31.9. The molecule has 0 saturated heterocycles. The Morgan fingerprint density at radius 1 is 0.667 bits per heavy atom. The highest BCUT2D eigenvalue weighted by molar-refractivity contribution is 6.75. The van der Waals surface area contributed by atoms with Crippen LogP contribution in [0.3, 0.4) is 0 Å². The van der Waals surface area contributed by atoms with Gasteiger partial charge in [-0.1, -0.05) is 120 Å². The standard InChI is InChI=1S/C54H108O8Si4/c1-24-28-29-30-31-33-42(5)38-46-39-44(7)40-47(66(56-25-2,57-26-3)58-27-4)34-32-35-48(60-63(18,19)52(9,10)11)49(61-64(20,21)53(12,13)14)37-36-43(6)41-50(45(8)51(55)59-46)62-65(22,23)54(15,16)17/h31,33-34,38,43-46,48-50H,24-30,32,35-37,39-41H2,1-23H3/b33-31+,42-38+,47-34+/t43-,44-,45+,46+,48-,49-,50+/m0/s1. The number of hydrogen-bond donors (Lipinski definition) is 0. The first-order valence-electron chi connectivity index (χ1n) is 26.4. The number of cyclic esters (lactones) is 1. The molecule has 0 aromatic carbocycles. The van der Waals surface area contributed by atoms with Gasteiger partial charge in [-0.3, -0.25) is 4.79 Å². The van der Waals surface area contributed by atoms with Crippen LogP contribution >= 0.6 is 0 Å². The maximum absolute atomic E-state index is 14.7. The van der Waals surface area contributed by atoms with Gasteiger partial charge in [0.15, 0.2) is 25.0 Å². The van der Waals surface area contributed by atoms with Crippen LogP contribution in [0.1, 0.15) is 188 Å². The van der Waals surface area contributed by atoms with Crippen molar-refractivity contribution in [3.63, 3.8) is 0 Å². The number of esters is 1. The Morgan fingerprint density at radius 2 is 1.14 bits per heavy atom. The fraction of sp³-hybridized carbons (Fsp3) is 0.870. The van der Waals surface area contributed by atoms with Gasteiger partial charge < -0.3 is 31.3 Å². The smallest absolute Gasteiger partial charge is 0.458 e. The molecule has 0 fully saturated rings. The largest absolute Gasteiger partial charge is 0.532 e. The first kappa shape index (κ1) is 63.3. The van der Waals surface area contributed by atoms with E-state index in [0.29, 0.717) is 32.7 Å². The Kier molecular flexibility index (Phi) is 26.7. The van der Waals surface area contributed by atoms with Crippen molar-refractivity contribution in [2.75, 3.05) is 19.8 Å². The van der Waals surface area contributed by atoms with E-state index in [9.17, 15) is 4.79 Å². The average molecular weight is 998 g/mol. The molecule has 12 heteroatoms. The average Bonchev–Trinajstić information content (AvgIpc) is 3.16. The number of unbranched alkanes of at least 4 members (excludes halogenated alkanes) is 3. The second-order valence-corrected chi connectivity index (χ2v) is 41.3. The molecule has 0 bridgehead atoms. The minimum atomic E-state index is -3.30. The van der Waals surface area contributed by atoms with Gasteiger partial charge in [-0.25, -0.2) is 0 Å². The molecule has 8 nitrogen and oxygen atoms in total. The maximum Gasteiger partial charge on any atom is 0.532 e. The molecule has 1 heterocycles. The van der Waals surface area contributed by atoms with Crippen LogP contribution in [0.4, 0.5) is 0 Å². The second-order valence-electron chi connectivity index (χ2n) is 24.4. The lowest BCUT2D eigenvalue weighted by molar-refractivity contribution is -0.155. The summed E-state index contributed by atoms with van der Waals surface area (Å²) in [7, 11) is -10.1. The summed E-state index contributed by atoms with van der Waals surface area (Å²) in [6.07, 6.45) is 18.2. The van der Waals surface area contributed by atoms with E-state index in [2.05, 4.69) is 154 Å². The summed E-state index contributed by atoms with van der Waals surface area (Å²) in [6.45, 7) is 53.5. The van der Waals surface area contributed by atoms with Gasteiger partial charge in [0.1, 0.15) is 6.10 Å². The molecule has 0 radical (unpaired) electrons. The van der Waals surface area contributed by atoms with Gasteiger partial charge in [0.2, 0.25) is 0 Å². The molecular formula is C54H108O8Si4. The number of carbonyl (C=O) groups excluding carboxylic acids is 1. The zero-order valence-corrected chi connectivity index (χ0v) is 51.5.